The molecular formula is C24H32BrN3O5. The summed E-state index contributed by atoms with van der Waals surface area (Å²) in [7, 11) is 0. The molecule has 8 nitrogen and oxygen atoms in total. The summed E-state index contributed by atoms with van der Waals surface area (Å²) >= 11 is 3.66. The molecule has 7 atom stereocenters. The fraction of sp³-hybridized carbons (Fsp3) is 0.625. The van der Waals surface area contributed by atoms with E-state index in [1.54, 1.807) is 12.1 Å². The maximum Gasteiger partial charge on any atom is 0.246 e. The van der Waals surface area contributed by atoms with E-state index in [4.69, 9.17) is 4.74 Å². The first-order valence-electron chi connectivity index (χ1n) is 11.5. The molecule has 0 saturated carbocycles. The first-order chi connectivity index (χ1) is 15.6. The number of amides is 3. The molecule has 3 aliphatic rings. The molecule has 3 unspecified atom stereocenters. The molecule has 3 aliphatic heterocycles. The Labute approximate surface area is 202 Å². The largest absolute Gasteiger partial charge is 0.394 e. The summed E-state index contributed by atoms with van der Waals surface area (Å²) in [5.74, 6) is -2.55. The molecule has 33 heavy (non-hydrogen) atoms. The third-order valence-corrected chi connectivity index (χ3v) is 7.91. The zero-order valence-electron chi connectivity index (χ0n) is 19.3. The van der Waals surface area contributed by atoms with Gasteiger partial charge >= 0.3 is 0 Å². The average molecular weight is 522 g/mol. The maximum atomic E-state index is 13.9. The van der Waals surface area contributed by atoms with Crippen molar-refractivity contribution in [2.45, 2.75) is 68.8 Å². The Morgan fingerprint density at radius 2 is 1.88 bits per heavy atom. The highest BCUT2D eigenvalue weighted by Gasteiger charge is 2.77. The molecule has 1 aromatic rings. The van der Waals surface area contributed by atoms with Crippen LogP contribution in [0.5, 0.6) is 0 Å². The van der Waals surface area contributed by atoms with Crippen molar-refractivity contribution in [2.24, 2.45) is 17.8 Å². The Kier molecular flexibility index (Phi) is 6.59. The zero-order chi connectivity index (χ0) is 24.1. The monoisotopic (exact) mass is 521 g/mol. The van der Waals surface area contributed by atoms with Crippen LogP contribution in [0.15, 0.2) is 30.3 Å². The van der Waals surface area contributed by atoms with Crippen molar-refractivity contribution < 1.29 is 24.2 Å². The number of anilines is 1. The quantitative estimate of drug-likeness (QED) is 0.475. The number of carbonyl (C=O) groups is 3. The van der Waals surface area contributed by atoms with Crippen LogP contribution in [-0.4, -0.2) is 69.0 Å². The van der Waals surface area contributed by atoms with Gasteiger partial charge in [0.1, 0.15) is 11.6 Å². The van der Waals surface area contributed by atoms with Gasteiger partial charge in [0.05, 0.1) is 30.6 Å². The van der Waals surface area contributed by atoms with Crippen molar-refractivity contribution in [1.29, 1.82) is 0 Å². The fourth-order valence-corrected chi connectivity index (χ4v) is 6.70. The summed E-state index contributed by atoms with van der Waals surface area (Å²) in [6.45, 7) is 7.25. The Morgan fingerprint density at radius 1 is 1.21 bits per heavy atom. The highest BCUT2D eigenvalue weighted by Crippen LogP contribution is 2.60. The normalized spacial score (nSPS) is 33.5. The smallest absolute Gasteiger partial charge is 0.246 e. The molecule has 0 radical (unpaired) electrons. The number of aliphatic hydroxyl groups excluding tert-OH is 1. The molecule has 180 valence electrons. The van der Waals surface area contributed by atoms with E-state index in [0.717, 1.165) is 0 Å². The molecular weight excluding hydrogens is 490 g/mol. The Balaban J connectivity index is 1.75. The lowest BCUT2D eigenvalue weighted by Gasteiger charge is -2.38. The van der Waals surface area contributed by atoms with E-state index in [1.165, 1.54) is 4.90 Å². The summed E-state index contributed by atoms with van der Waals surface area (Å²) in [5.41, 5.74) is -0.493. The molecule has 4 rings (SSSR count). The minimum Gasteiger partial charge on any atom is -0.394 e. The number of rotatable bonds is 7. The van der Waals surface area contributed by atoms with Crippen molar-refractivity contribution in [1.82, 2.24) is 10.2 Å². The summed E-state index contributed by atoms with van der Waals surface area (Å²) in [6.07, 6.45) is -0.0858. The summed E-state index contributed by atoms with van der Waals surface area (Å²) in [4.78, 5) is 42.1. The predicted octanol–water partition coefficient (Wildman–Crippen LogP) is 1.91. The third kappa shape index (κ3) is 3.88. The number of carbonyl (C=O) groups excluding carboxylic acids is 3. The standard InChI is InChI=1S/C24H32BrN3O5/c1-12(2)16(11-29)28-20(22(31)26-13(3)4)24-10-15(25)19(33-24)17(18(24)23(28)32)21(30)27-14-8-6-5-7-9-14/h5-9,12-13,15-20,29H,10-11H2,1-4H3,(H,26,31)(H,27,30)/t15?,16-,17+,18-,19+,20?,24?/m0/s1. The molecule has 3 amide bonds. The van der Waals surface area contributed by atoms with Crippen molar-refractivity contribution >= 4 is 39.3 Å². The number of hydrogen-bond acceptors (Lipinski definition) is 5. The lowest BCUT2D eigenvalue weighted by atomic mass is 9.70. The van der Waals surface area contributed by atoms with E-state index in [9.17, 15) is 19.5 Å². The number of alkyl halides is 1. The van der Waals surface area contributed by atoms with Gasteiger partial charge < -0.3 is 25.4 Å². The Hall–Kier alpha value is -1.97. The molecule has 1 aromatic carbocycles. The van der Waals surface area contributed by atoms with Gasteiger partial charge in [0.25, 0.3) is 0 Å². The molecule has 0 aromatic heterocycles. The third-order valence-electron chi connectivity index (χ3n) is 7.06. The number of fused-ring (bicyclic) bond motifs is 1. The SMILES string of the molecule is CC(C)NC(=O)C1N([C@@H](CO)C(C)C)C(=O)[C@@H]2[C@@H](C(=O)Nc3ccccc3)[C@@H]3OC12CC3Br. The molecule has 9 heteroatoms. The van der Waals surface area contributed by atoms with Crippen LogP contribution in [0, 0.1) is 17.8 Å². The van der Waals surface area contributed by atoms with Crippen molar-refractivity contribution in [3.05, 3.63) is 30.3 Å². The van der Waals surface area contributed by atoms with Gasteiger partial charge in [-0.25, -0.2) is 0 Å². The van der Waals surface area contributed by atoms with Gasteiger partial charge in [-0.2, -0.15) is 0 Å². The van der Waals surface area contributed by atoms with Crippen LogP contribution in [0.1, 0.15) is 34.1 Å². The number of likely N-dealkylation sites (tertiary alicyclic amines) is 1. The van der Waals surface area contributed by atoms with Gasteiger partial charge in [0.15, 0.2) is 0 Å². The number of nitrogens with one attached hydrogen (secondary N) is 2. The minimum absolute atomic E-state index is 0.0860. The van der Waals surface area contributed by atoms with Crippen LogP contribution in [0.4, 0.5) is 5.69 Å². The van der Waals surface area contributed by atoms with Gasteiger partial charge in [0.2, 0.25) is 17.7 Å². The molecule has 3 heterocycles. The number of hydrogen-bond donors (Lipinski definition) is 3. The van der Waals surface area contributed by atoms with Crippen LogP contribution in [-0.2, 0) is 19.1 Å². The van der Waals surface area contributed by atoms with Gasteiger partial charge in [0, 0.05) is 16.6 Å². The second kappa shape index (κ2) is 9.00. The van der Waals surface area contributed by atoms with Crippen LogP contribution >= 0.6 is 15.9 Å². The average Bonchev–Trinajstić information content (AvgIpc) is 3.32. The van der Waals surface area contributed by atoms with Crippen molar-refractivity contribution in [3.63, 3.8) is 0 Å². The molecule has 3 fully saturated rings. The van der Waals surface area contributed by atoms with Gasteiger partial charge in [-0.15, -0.1) is 0 Å². The summed E-state index contributed by atoms with van der Waals surface area (Å²) < 4.78 is 6.45. The van der Waals surface area contributed by atoms with Gasteiger partial charge in [-0.1, -0.05) is 48.0 Å². The molecule has 3 saturated heterocycles. The fourth-order valence-electron chi connectivity index (χ4n) is 5.75. The van der Waals surface area contributed by atoms with Crippen LogP contribution in [0.3, 0.4) is 0 Å². The number of benzene rings is 1. The van der Waals surface area contributed by atoms with Crippen molar-refractivity contribution in [3.8, 4) is 0 Å². The van der Waals surface area contributed by atoms with E-state index in [0.29, 0.717) is 12.1 Å². The first-order valence-corrected chi connectivity index (χ1v) is 12.4. The Morgan fingerprint density at radius 3 is 2.45 bits per heavy atom. The van der Waals surface area contributed by atoms with Crippen molar-refractivity contribution in [2.75, 3.05) is 11.9 Å². The van der Waals surface area contributed by atoms with Crippen LogP contribution in [0.25, 0.3) is 0 Å². The van der Waals surface area contributed by atoms with E-state index in [2.05, 4.69) is 26.6 Å². The molecule has 0 aliphatic carbocycles. The summed E-state index contributed by atoms with van der Waals surface area (Å²) in [5, 5.41) is 16.0. The number of ether oxygens (including phenoxy) is 1. The highest BCUT2D eigenvalue weighted by molar-refractivity contribution is 9.09. The number of aliphatic hydroxyl groups is 1. The highest BCUT2D eigenvalue weighted by atomic mass is 79.9. The second-order valence-corrected chi connectivity index (χ2v) is 11.1. The number of para-hydroxylation sites is 1. The first kappa shape index (κ1) is 24.2. The van der Waals surface area contributed by atoms with Crippen LogP contribution in [0.2, 0.25) is 0 Å². The van der Waals surface area contributed by atoms with Gasteiger partial charge in [-0.3, -0.25) is 14.4 Å². The Bertz CT molecular complexity index is 926. The summed E-state index contributed by atoms with van der Waals surface area (Å²) in [6, 6.07) is 7.47. The molecule has 3 N–H and O–H groups in total. The second-order valence-electron chi connectivity index (χ2n) is 9.92. The lowest BCUT2D eigenvalue weighted by molar-refractivity contribution is -0.146. The van der Waals surface area contributed by atoms with E-state index >= 15 is 0 Å². The molecule has 2 bridgehead atoms. The van der Waals surface area contributed by atoms with Gasteiger partial charge in [-0.05, 0) is 38.3 Å². The van der Waals surface area contributed by atoms with E-state index in [-0.39, 0.29) is 41.1 Å². The topological polar surface area (TPSA) is 108 Å². The zero-order valence-corrected chi connectivity index (χ0v) is 20.9. The van der Waals surface area contributed by atoms with E-state index in [1.807, 2.05) is 45.9 Å². The minimum atomic E-state index is -1.13. The molecule has 1 spiro atoms. The number of halogens is 1. The lowest BCUT2D eigenvalue weighted by Crippen LogP contribution is -2.59. The van der Waals surface area contributed by atoms with E-state index < -0.39 is 35.6 Å². The predicted molar refractivity (Wildman–Crippen MR) is 127 cm³/mol. The maximum absolute atomic E-state index is 13.9. The van der Waals surface area contributed by atoms with Crippen LogP contribution < -0.4 is 10.6 Å². The number of nitrogens with zero attached hydrogens (tertiary/aromatic N) is 1.